The van der Waals surface area contributed by atoms with Crippen LogP contribution in [0.2, 0.25) is 0 Å². The maximum absolute atomic E-state index is 13.5. The Kier molecular flexibility index (Phi) is 4.06. The topological polar surface area (TPSA) is 96.2 Å². The van der Waals surface area contributed by atoms with E-state index in [2.05, 4.69) is 27.4 Å². The molecule has 3 aliphatic rings. The number of nitrogens with zero attached hydrogens (tertiary/aromatic N) is 3. The summed E-state index contributed by atoms with van der Waals surface area (Å²) in [6, 6.07) is -0.0567. The molecule has 0 bridgehead atoms. The first-order chi connectivity index (χ1) is 12.4. The molecule has 4 rings (SSSR count). The number of hydrogen-bond acceptors (Lipinski definition) is 6. The molecule has 1 aromatic rings. The van der Waals surface area contributed by atoms with E-state index in [-0.39, 0.29) is 36.6 Å². The smallest absolute Gasteiger partial charge is 0.248 e. The second kappa shape index (κ2) is 6.15. The van der Waals surface area contributed by atoms with Crippen LogP contribution in [0.3, 0.4) is 0 Å². The molecule has 0 radical (unpaired) electrons. The fourth-order valence-electron chi connectivity index (χ4n) is 4.01. The first-order valence-corrected chi connectivity index (χ1v) is 8.90. The summed E-state index contributed by atoms with van der Waals surface area (Å²) in [5.74, 6) is 3.35. The van der Waals surface area contributed by atoms with Gasteiger partial charge in [0.15, 0.2) is 5.82 Å². The second-order valence-corrected chi connectivity index (χ2v) is 7.30. The number of aromatic nitrogens is 2. The van der Waals surface area contributed by atoms with Crippen LogP contribution < -0.4 is 32.3 Å². The Morgan fingerprint density at radius 3 is 2.65 bits per heavy atom. The quantitative estimate of drug-likeness (QED) is 0.397. The number of halogens is 2. The second-order valence-electron chi connectivity index (χ2n) is 7.30. The van der Waals surface area contributed by atoms with Gasteiger partial charge in [0.05, 0.1) is 16.6 Å². The van der Waals surface area contributed by atoms with E-state index in [0.717, 1.165) is 18.1 Å². The third-order valence-electron chi connectivity index (χ3n) is 5.73. The van der Waals surface area contributed by atoms with Crippen molar-refractivity contribution in [2.45, 2.75) is 56.4 Å². The van der Waals surface area contributed by atoms with Gasteiger partial charge >= 0.3 is 0 Å². The molecule has 1 amide bonds. The Morgan fingerprint density at radius 2 is 2.04 bits per heavy atom. The molecule has 0 unspecified atom stereocenters. The molecule has 2 heterocycles. The number of rotatable bonds is 3. The average molecular weight is 364 g/mol. The molecule has 0 aromatic carbocycles. The predicted molar refractivity (Wildman–Crippen MR) is 91.9 cm³/mol. The third kappa shape index (κ3) is 2.80. The van der Waals surface area contributed by atoms with Crippen molar-refractivity contribution in [2.75, 3.05) is 5.01 Å². The zero-order valence-electron chi connectivity index (χ0n) is 14.3. The lowest BCUT2D eigenvalue weighted by Gasteiger charge is -2.36. The number of nitrogens with two attached hydrogens (primary N) is 1. The average Bonchev–Trinajstić information content (AvgIpc) is 2.98. The van der Waals surface area contributed by atoms with E-state index in [9.17, 15) is 13.6 Å². The SMILES string of the molecule is C=c1nc([C@@H]2CC[C@H]2C(=O)NN)nc2c1=CNN2C1CCC(F)(F)CC1. The van der Waals surface area contributed by atoms with E-state index >= 15 is 0 Å². The molecule has 2 aliphatic carbocycles. The van der Waals surface area contributed by atoms with Gasteiger partial charge in [-0.1, -0.05) is 6.58 Å². The van der Waals surface area contributed by atoms with Crippen molar-refractivity contribution in [3.8, 4) is 0 Å². The van der Waals surface area contributed by atoms with Crippen molar-refractivity contribution in [1.29, 1.82) is 0 Å². The molecule has 1 aliphatic heterocycles. The first kappa shape index (κ1) is 17.1. The van der Waals surface area contributed by atoms with Crippen molar-refractivity contribution < 1.29 is 13.6 Å². The molecule has 0 spiro atoms. The summed E-state index contributed by atoms with van der Waals surface area (Å²) in [6.45, 7) is 3.99. The van der Waals surface area contributed by atoms with Crippen LogP contribution in [-0.4, -0.2) is 27.8 Å². The van der Waals surface area contributed by atoms with E-state index in [1.54, 1.807) is 6.20 Å². The number of anilines is 1. The van der Waals surface area contributed by atoms with Crippen LogP contribution in [0.5, 0.6) is 0 Å². The van der Waals surface area contributed by atoms with Crippen molar-refractivity contribution in [1.82, 2.24) is 20.8 Å². The van der Waals surface area contributed by atoms with Crippen molar-refractivity contribution in [3.05, 3.63) is 16.4 Å². The first-order valence-electron chi connectivity index (χ1n) is 8.90. The molecule has 26 heavy (non-hydrogen) atoms. The number of amides is 1. The normalized spacial score (nSPS) is 27.1. The van der Waals surface area contributed by atoms with Gasteiger partial charge in [0.2, 0.25) is 11.8 Å². The molecule has 4 N–H and O–H groups in total. The Morgan fingerprint density at radius 1 is 1.31 bits per heavy atom. The summed E-state index contributed by atoms with van der Waals surface area (Å²) in [7, 11) is 0. The van der Waals surface area contributed by atoms with Crippen LogP contribution in [0, 0.1) is 5.92 Å². The van der Waals surface area contributed by atoms with Gasteiger partial charge in [-0.05, 0) is 25.7 Å². The van der Waals surface area contributed by atoms with Crippen LogP contribution in [-0.2, 0) is 4.79 Å². The number of hydrogen-bond donors (Lipinski definition) is 3. The highest BCUT2D eigenvalue weighted by Crippen LogP contribution is 2.41. The summed E-state index contributed by atoms with van der Waals surface area (Å²) >= 11 is 0. The molecule has 2 saturated carbocycles. The minimum absolute atomic E-state index is 0.0567. The number of hydrazine groups is 2. The maximum atomic E-state index is 13.5. The predicted octanol–water partition coefficient (Wildman–Crippen LogP) is 0.0109. The molecule has 2 atom stereocenters. The molecule has 0 saturated heterocycles. The van der Waals surface area contributed by atoms with Crippen LogP contribution in [0.25, 0.3) is 12.8 Å². The molecule has 7 nitrogen and oxygen atoms in total. The van der Waals surface area contributed by atoms with Crippen LogP contribution in [0.4, 0.5) is 14.6 Å². The Bertz CT molecular complexity index is 834. The third-order valence-corrected chi connectivity index (χ3v) is 5.73. The summed E-state index contributed by atoms with van der Waals surface area (Å²) in [5.41, 5.74) is 5.32. The van der Waals surface area contributed by atoms with Crippen molar-refractivity contribution >= 4 is 24.5 Å². The lowest BCUT2D eigenvalue weighted by molar-refractivity contribution is -0.128. The Balaban J connectivity index is 1.61. The summed E-state index contributed by atoms with van der Waals surface area (Å²) < 4.78 is 26.9. The Hall–Kier alpha value is -2.29. The Labute approximate surface area is 149 Å². The van der Waals surface area contributed by atoms with Crippen LogP contribution >= 0.6 is 0 Å². The summed E-state index contributed by atoms with van der Waals surface area (Å²) in [6.07, 6.45) is 3.85. The molecular formula is C17H22F2N6O. The van der Waals surface area contributed by atoms with E-state index in [4.69, 9.17) is 5.84 Å². The molecule has 9 heteroatoms. The fourth-order valence-corrected chi connectivity index (χ4v) is 4.01. The van der Waals surface area contributed by atoms with Gasteiger partial charge in [-0.15, -0.1) is 0 Å². The van der Waals surface area contributed by atoms with Crippen LogP contribution in [0.15, 0.2) is 0 Å². The van der Waals surface area contributed by atoms with Gasteiger partial charge in [-0.3, -0.25) is 15.2 Å². The van der Waals surface area contributed by atoms with Gasteiger partial charge < -0.3 is 5.43 Å². The van der Waals surface area contributed by atoms with Gasteiger partial charge in [0.25, 0.3) is 0 Å². The van der Waals surface area contributed by atoms with Crippen LogP contribution in [0.1, 0.15) is 50.3 Å². The van der Waals surface area contributed by atoms with Gasteiger partial charge in [0.1, 0.15) is 5.82 Å². The van der Waals surface area contributed by atoms with Gasteiger partial charge in [-0.25, -0.2) is 24.6 Å². The van der Waals surface area contributed by atoms with E-state index in [1.165, 1.54) is 0 Å². The highest BCUT2D eigenvalue weighted by atomic mass is 19.3. The zero-order valence-corrected chi connectivity index (χ0v) is 14.3. The lowest BCUT2D eigenvalue weighted by atomic mass is 9.72. The fraction of sp³-hybridized carbons (Fsp3) is 0.588. The number of fused-ring (bicyclic) bond motifs is 1. The van der Waals surface area contributed by atoms with Crippen molar-refractivity contribution in [3.63, 3.8) is 0 Å². The van der Waals surface area contributed by atoms with E-state index in [0.29, 0.717) is 29.8 Å². The van der Waals surface area contributed by atoms with Crippen molar-refractivity contribution in [2.24, 2.45) is 11.8 Å². The lowest BCUT2D eigenvalue weighted by Crippen LogP contribution is -2.47. The molecular weight excluding hydrogens is 342 g/mol. The van der Waals surface area contributed by atoms with Gasteiger partial charge in [-0.2, -0.15) is 0 Å². The maximum Gasteiger partial charge on any atom is 0.248 e. The number of alkyl halides is 2. The summed E-state index contributed by atoms with van der Waals surface area (Å²) in [4.78, 5) is 21.0. The highest BCUT2D eigenvalue weighted by molar-refractivity contribution is 5.80. The molecule has 2 fully saturated rings. The monoisotopic (exact) mass is 364 g/mol. The highest BCUT2D eigenvalue weighted by Gasteiger charge is 2.41. The largest absolute Gasteiger partial charge is 0.303 e. The van der Waals surface area contributed by atoms with E-state index in [1.807, 2.05) is 5.01 Å². The number of carbonyl (C=O) groups excluding carboxylic acids is 1. The molecule has 1 aromatic heterocycles. The minimum atomic E-state index is -2.58. The minimum Gasteiger partial charge on any atom is -0.303 e. The molecule has 140 valence electrons. The van der Waals surface area contributed by atoms with Gasteiger partial charge in [0, 0.05) is 30.9 Å². The van der Waals surface area contributed by atoms with E-state index < -0.39 is 5.92 Å². The number of carbonyl (C=O) groups is 1. The zero-order chi connectivity index (χ0) is 18.5. The standard InChI is InChI=1S/C17H22F2N6O/c1-9-13-8-21-25(10-4-6-17(18,19)7-5-10)15(13)23-14(22-9)11-2-3-12(11)16(26)24-20/h8,10-12,21H,1-7,20H2,(H,24,26)/t11-,12-/m1/s1. The number of nitrogens with one attached hydrogen (secondary N) is 2. The summed E-state index contributed by atoms with van der Waals surface area (Å²) in [5, 5.41) is 3.19.